The Balaban J connectivity index is 1.16. The van der Waals surface area contributed by atoms with Gasteiger partial charge in [0.25, 0.3) is 5.91 Å². The van der Waals surface area contributed by atoms with E-state index >= 15 is 0 Å². The Kier molecular flexibility index (Phi) is 10.1. The van der Waals surface area contributed by atoms with Crippen molar-refractivity contribution in [2.24, 2.45) is 0 Å². The van der Waals surface area contributed by atoms with Gasteiger partial charge in [-0.3, -0.25) is 4.79 Å². The van der Waals surface area contributed by atoms with Gasteiger partial charge >= 0.3 is 0 Å². The zero-order chi connectivity index (χ0) is 27.9. The number of carbonyl (C=O) groups excluding carboxylic acids is 1. The second-order valence-corrected chi connectivity index (χ2v) is 11.1. The highest BCUT2D eigenvalue weighted by molar-refractivity contribution is 6.30. The number of amides is 1. The fourth-order valence-corrected chi connectivity index (χ4v) is 5.99. The topological polar surface area (TPSA) is 107 Å². The molecular formula is C29H40ClN5O5. The molecule has 3 aliphatic rings. The van der Waals surface area contributed by atoms with E-state index in [1.165, 1.54) is 6.33 Å². The first-order valence-electron chi connectivity index (χ1n) is 14.2. The monoisotopic (exact) mass is 573 g/mol. The third-order valence-corrected chi connectivity index (χ3v) is 8.39. The van der Waals surface area contributed by atoms with Crippen molar-refractivity contribution in [1.82, 2.24) is 20.2 Å². The first-order chi connectivity index (χ1) is 19.6. The summed E-state index contributed by atoms with van der Waals surface area (Å²) in [6, 6.07) is 8.45. The van der Waals surface area contributed by atoms with Crippen molar-refractivity contribution in [2.75, 3.05) is 52.4 Å². The largest absolute Gasteiger partial charge is 0.491 e. The van der Waals surface area contributed by atoms with Gasteiger partial charge in [-0.05, 0) is 56.2 Å². The number of aromatic nitrogens is 2. The minimum Gasteiger partial charge on any atom is -0.491 e. The van der Waals surface area contributed by atoms with Gasteiger partial charge in [-0.1, -0.05) is 23.7 Å². The Bertz CT molecular complexity index is 1110. The van der Waals surface area contributed by atoms with E-state index in [0.29, 0.717) is 43.9 Å². The Labute approximate surface area is 241 Å². The molecule has 0 radical (unpaired) electrons. The van der Waals surface area contributed by atoms with Gasteiger partial charge in [0.2, 0.25) is 0 Å². The van der Waals surface area contributed by atoms with Crippen LogP contribution >= 0.6 is 11.6 Å². The van der Waals surface area contributed by atoms with Crippen LogP contribution in [0.4, 0.5) is 5.82 Å². The lowest BCUT2D eigenvalue weighted by Crippen LogP contribution is -2.54. The van der Waals surface area contributed by atoms with Crippen LogP contribution in [0, 0.1) is 0 Å². The maximum Gasteiger partial charge on any atom is 0.276 e. The summed E-state index contributed by atoms with van der Waals surface area (Å²) in [6.07, 6.45) is 7.17. The fraction of sp³-hybridized carbons (Fsp3) is 0.621. The number of nitrogens with one attached hydrogen (secondary N) is 2. The Hall–Kier alpha value is -2.50. The Morgan fingerprint density at radius 3 is 2.65 bits per heavy atom. The molecule has 1 aromatic heterocycles. The van der Waals surface area contributed by atoms with Crippen LogP contribution in [0.1, 0.15) is 60.7 Å². The van der Waals surface area contributed by atoms with Crippen LogP contribution in [0.5, 0.6) is 5.75 Å². The van der Waals surface area contributed by atoms with Gasteiger partial charge in [0.05, 0.1) is 32.0 Å². The summed E-state index contributed by atoms with van der Waals surface area (Å²) in [7, 11) is 3.28. The predicted molar refractivity (Wildman–Crippen MR) is 152 cm³/mol. The zero-order valence-electron chi connectivity index (χ0n) is 23.3. The molecule has 3 aliphatic heterocycles. The number of ether oxygens (including phenoxy) is 4. The molecule has 2 aromatic rings. The smallest absolute Gasteiger partial charge is 0.276 e. The molecular weight excluding hydrogens is 534 g/mol. The van der Waals surface area contributed by atoms with E-state index in [1.54, 1.807) is 14.2 Å². The van der Waals surface area contributed by atoms with Crippen molar-refractivity contribution in [3.05, 3.63) is 46.9 Å². The van der Waals surface area contributed by atoms with E-state index in [0.717, 1.165) is 55.7 Å². The predicted octanol–water partition coefficient (Wildman–Crippen LogP) is 3.86. The molecule has 218 valence electrons. The number of rotatable bonds is 9. The van der Waals surface area contributed by atoms with E-state index in [2.05, 4.69) is 20.6 Å². The van der Waals surface area contributed by atoms with Crippen molar-refractivity contribution in [2.45, 2.75) is 68.9 Å². The number of hydrogen-bond donors (Lipinski definition) is 2. The highest BCUT2D eigenvalue weighted by Crippen LogP contribution is 2.33. The lowest BCUT2D eigenvalue weighted by molar-refractivity contribution is -0.0533. The van der Waals surface area contributed by atoms with Crippen molar-refractivity contribution in [3.8, 4) is 5.75 Å². The van der Waals surface area contributed by atoms with Crippen LogP contribution in [0.3, 0.4) is 0 Å². The SMILES string of the molecule is COc1c(NC[C@@H]2CCC[C@H](c3ccc(Cl)cc3)O2)ncnc1C(=O)N1CCC(N[C@@H]2CCOC[C@@H]2OC)CC1. The first kappa shape index (κ1) is 29.0. The van der Waals surface area contributed by atoms with Gasteiger partial charge in [-0.25, -0.2) is 9.97 Å². The summed E-state index contributed by atoms with van der Waals surface area (Å²) < 4.78 is 23.2. The average Bonchev–Trinajstić information content (AvgIpc) is 3.00. The van der Waals surface area contributed by atoms with Gasteiger partial charge in [0.15, 0.2) is 17.3 Å². The van der Waals surface area contributed by atoms with Gasteiger partial charge < -0.3 is 34.5 Å². The molecule has 4 atom stereocenters. The summed E-state index contributed by atoms with van der Waals surface area (Å²) in [5, 5.41) is 7.80. The standard InChI is InChI=1S/C29H40ClN5O5/c1-37-25-17-39-15-12-23(25)34-21-10-13-35(14-11-21)29(36)26-27(38-2)28(33-18-32-26)31-16-22-4-3-5-24(40-22)19-6-8-20(30)9-7-19/h6-9,18,21-25,34H,3-5,10-17H2,1-2H3,(H,31,32,33)/t22-,23+,24+,25-/m0/s1. The molecule has 40 heavy (non-hydrogen) atoms. The highest BCUT2D eigenvalue weighted by atomic mass is 35.5. The van der Waals surface area contributed by atoms with Gasteiger partial charge in [0, 0.05) is 50.5 Å². The normalized spacial score (nSPS) is 25.9. The maximum absolute atomic E-state index is 13.5. The number of likely N-dealkylation sites (tertiary alicyclic amines) is 1. The molecule has 1 amide bonds. The molecule has 4 heterocycles. The summed E-state index contributed by atoms with van der Waals surface area (Å²) in [5.74, 6) is 0.723. The molecule has 11 heteroatoms. The first-order valence-corrected chi connectivity index (χ1v) is 14.6. The Morgan fingerprint density at radius 1 is 1.10 bits per heavy atom. The van der Waals surface area contributed by atoms with Crippen molar-refractivity contribution in [1.29, 1.82) is 0 Å². The van der Waals surface area contributed by atoms with Gasteiger partial charge in [-0.2, -0.15) is 0 Å². The van der Waals surface area contributed by atoms with Crippen molar-refractivity contribution < 1.29 is 23.7 Å². The fourth-order valence-electron chi connectivity index (χ4n) is 5.86. The van der Waals surface area contributed by atoms with Gasteiger partial charge in [0.1, 0.15) is 6.33 Å². The summed E-state index contributed by atoms with van der Waals surface area (Å²) >= 11 is 6.05. The molecule has 10 nitrogen and oxygen atoms in total. The van der Waals surface area contributed by atoms with E-state index in [-0.39, 0.29) is 36.0 Å². The van der Waals surface area contributed by atoms with Crippen LogP contribution in [0.15, 0.2) is 30.6 Å². The van der Waals surface area contributed by atoms with Crippen LogP contribution in [0.2, 0.25) is 5.02 Å². The van der Waals surface area contributed by atoms with Crippen molar-refractivity contribution in [3.63, 3.8) is 0 Å². The third-order valence-electron chi connectivity index (χ3n) is 8.14. The maximum atomic E-state index is 13.5. The number of hydrogen-bond acceptors (Lipinski definition) is 9. The molecule has 0 saturated carbocycles. The minimum atomic E-state index is -0.140. The van der Waals surface area contributed by atoms with Gasteiger partial charge in [-0.15, -0.1) is 0 Å². The number of anilines is 1. The van der Waals surface area contributed by atoms with Crippen LogP contribution in [-0.2, 0) is 14.2 Å². The number of nitrogens with zero attached hydrogens (tertiary/aromatic N) is 3. The number of piperidine rings is 1. The molecule has 3 fully saturated rings. The number of methoxy groups -OCH3 is 2. The van der Waals surface area contributed by atoms with Crippen LogP contribution in [-0.4, -0.2) is 92.1 Å². The quantitative estimate of drug-likeness (QED) is 0.462. The van der Waals surface area contributed by atoms with E-state index in [9.17, 15) is 4.79 Å². The molecule has 2 N–H and O–H groups in total. The van der Waals surface area contributed by atoms with Crippen molar-refractivity contribution >= 4 is 23.3 Å². The summed E-state index contributed by atoms with van der Waals surface area (Å²) in [4.78, 5) is 24.0. The molecule has 0 unspecified atom stereocenters. The molecule has 5 rings (SSSR count). The number of benzene rings is 1. The number of halogens is 1. The second-order valence-electron chi connectivity index (χ2n) is 10.7. The third kappa shape index (κ3) is 7.03. The molecule has 0 spiro atoms. The summed E-state index contributed by atoms with van der Waals surface area (Å²) in [5.41, 5.74) is 1.41. The molecule has 1 aromatic carbocycles. The second kappa shape index (κ2) is 13.9. The number of carbonyl (C=O) groups is 1. The lowest BCUT2D eigenvalue weighted by Gasteiger charge is -2.38. The highest BCUT2D eigenvalue weighted by Gasteiger charge is 2.32. The zero-order valence-corrected chi connectivity index (χ0v) is 24.1. The van der Waals surface area contributed by atoms with E-state index in [1.807, 2.05) is 29.2 Å². The molecule has 3 saturated heterocycles. The van der Waals surface area contributed by atoms with Crippen LogP contribution < -0.4 is 15.4 Å². The Morgan fingerprint density at radius 2 is 1.90 bits per heavy atom. The molecule has 0 aliphatic carbocycles. The minimum absolute atomic E-state index is 0.00760. The summed E-state index contributed by atoms with van der Waals surface area (Å²) in [6.45, 7) is 3.21. The van der Waals surface area contributed by atoms with E-state index in [4.69, 9.17) is 30.5 Å². The van der Waals surface area contributed by atoms with Crippen LogP contribution in [0.25, 0.3) is 0 Å². The lowest BCUT2D eigenvalue weighted by atomic mass is 9.98. The average molecular weight is 574 g/mol. The molecule has 0 bridgehead atoms. The van der Waals surface area contributed by atoms with E-state index < -0.39 is 0 Å².